The highest BCUT2D eigenvalue weighted by molar-refractivity contribution is 6.33. The lowest BCUT2D eigenvalue weighted by Gasteiger charge is -2.36. The number of hydrogen-bond donors (Lipinski definition) is 2. The zero-order valence-electron chi connectivity index (χ0n) is 15.2. The second-order valence-corrected chi connectivity index (χ2v) is 7.43. The highest BCUT2D eigenvalue weighted by Gasteiger charge is 2.32. The number of amides is 2. The summed E-state index contributed by atoms with van der Waals surface area (Å²) in [5.74, 6) is 0.163. The van der Waals surface area contributed by atoms with Crippen molar-refractivity contribution in [3.8, 4) is 0 Å². The molecular formula is C19H28ClN3O2. The molecular weight excluding hydrogens is 338 g/mol. The average molecular weight is 366 g/mol. The Morgan fingerprint density at radius 1 is 1.32 bits per heavy atom. The van der Waals surface area contributed by atoms with Gasteiger partial charge in [-0.15, -0.1) is 0 Å². The van der Waals surface area contributed by atoms with Crippen molar-refractivity contribution in [1.29, 1.82) is 0 Å². The van der Waals surface area contributed by atoms with Crippen LogP contribution < -0.4 is 10.6 Å². The molecule has 1 aliphatic heterocycles. The third kappa shape index (κ3) is 5.19. The molecule has 2 atom stereocenters. The van der Waals surface area contributed by atoms with Crippen LogP contribution in [0, 0.1) is 11.8 Å². The van der Waals surface area contributed by atoms with Crippen LogP contribution in [0.2, 0.25) is 5.02 Å². The molecule has 1 aromatic rings. The Balaban J connectivity index is 2.08. The lowest BCUT2D eigenvalue weighted by molar-refractivity contribution is -0.136. The number of rotatable bonds is 6. The summed E-state index contributed by atoms with van der Waals surface area (Å²) in [5.41, 5.74) is 0.398. The van der Waals surface area contributed by atoms with Crippen LogP contribution in [0.25, 0.3) is 0 Å². The van der Waals surface area contributed by atoms with Gasteiger partial charge in [-0.25, -0.2) is 0 Å². The molecule has 1 aromatic carbocycles. The first-order valence-corrected chi connectivity index (χ1v) is 9.30. The second-order valence-electron chi connectivity index (χ2n) is 7.03. The summed E-state index contributed by atoms with van der Waals surface area (Å²) in [5, 5.41) is 6.46. The molecule has 1 fully saturated rings. The Morgan fingerprint density at radius 3 is 2.68 bits per heavy atom. The Kier molecular flexibility index (Phi) is 7.26. The summed E-state index contributed by atoms with van der Waals surface area (Å²) in [7, 11) is 1.93. The fourth-order valence-electron chi connectivity index (χ4n) is 3.30. The maximum absolute atomic E-state index is 13.0. The van der Waals surface area contributed by atoms with Crippen molar-refractivity contribution in [3.05, 3.63) is 34.9 Å². The Labute approximate surface area is 155 Å². The Hall–Kier alpha value is -1.59. The number of nitrogens with zero attached hydrogens (tertiary/aromatic N) is 1. The number of hydrogen-bond acceptors (Lipinski definition) is 3. The smallest absolute Gasteiger partial charge is 0.253 e. The van der Waals surface area contributed by atoms with Gasteiger partial charge in [0.2, 0.25) is 5.91 Å². The van der Waals surface area contributed by atoms with Gasteiger partial charge >= 0.3 is 0 Å². The lowest BCUT2D eigenvalue weighted by Crippen LogP contribution is -2.54. The molecule has 25 heavy (non-hydrogen) atoms. The molecule has 5 nitrogen and oxygen atoms in total. The fraction of sp³-hybridized carbons (Fsp3) is 0.579. The van der Waals surface area contributed by atoms with Crippen molar-refractivity contribution in [2.45, 2.75) is 32.7 Å². The molecule has 1 saturated heterocycles. The van der Waals surface area contributed by atoms with Gasteiger partial charge in [0.1, 0.15) is 6.04 Å². The van der Waals surface area contributed by atoms with Crippen LogP contribution in [-0.2, 0) is 4.79 Å². The molecule has 2 N–H and O–H groups in total. The molecule has 1 aliphatic rings. The number of halogens is 1. The van der Waals surface area contributed by atoms with E-state index < -0.39 is 6.04 Å². The summed E-state index contributed by atoms with van der Waals surface area (Å²) in [4.78, 5) is 27.4. The lowest BCUT2D eigenvalue weighted by atomic mass is 9.95. The largest absolute Gasteiger partial charge is 0.341 e. The average Bonchev–Trinajstić information content (AvgIpc) is 2.59. The first-order chi connectivity index (χ1) is 11.9. The van der Waals surface area contributed by atoms with Crippen LogP contribution in [0.1, 0.15) is 37.0 Å². The number of carbonyl (C=O) groups excluding carboxylic acids is 2. The number of nitrogens with one attached hydrogen (secondary N) is 2. The summed E-state index contributed by atoms with van der Waals surface area (Å²) < 4.78 is 0. The number of piperidine rings is 1. The topological polar surface area (TPSA) is 61.4 Å². The Bertz CT molecular complexity index is 604. The molecule has 0 saturated carbocycles. The first-order valence-electron chi connectivity index (χ1n) is 8.92. The second kappa shape index (κ2) is 9.20. The third-order valence-corrected chi connectivity index (χ3v) is 4.99. The minimum absolute atomic E-state index is 0.00335. The third-order valence-electron chi connectivity index (χ3n) is 4.66. The van der Waals surface area contributed by atoms with Gasteiger partial charge in [-0.1, -0.05) is 37.6 Å². The monoisotopic (exact) mass is 365 g/mol. The predicted octanol–water partition coefficient (Wildman–Crippen LogP) is 2.55. The molecule has 2 amide bonds. The van der Waals surface area contributed by atoms with E-state index in [1.165, 1.54) is 0 Å². The van der Waals surface area contributed by atoms with Crippen molar-refractivity contribution in [3.63, 3.8) is 0 Å². The van der Waals surface area contributed by atoms with E-state index in [9.17, 15) is 9.59 Å². The van der Waals surface area contributed by atoms with E-state index in [0.717, 1.165) is 32.5 Å². The van der Waals surface area contributed by atoms with Gasteiger partial charge in [-0.2, -0.15) is 0 Å². The van der Waals surface area contributed by atoms with E-state index >= 15 is 0 Å². The van der Waals surface area contributed by atoms with Gasteiger partial charge in [0, 0.05) is 13.1 Å². The quantitative estimate of drug-likeness (QED) is 0.814. The highest BCUT2D eigenvalue weighted by atomic mass is 35.5. The van der Waals surface area contributed by atoms with Crippen LogP contribution in [0.4, 0.5) is 0 Å². The summed E-state index contributed by atoms with van der Waals surface area (Å²) in [6.07, 6.45) is 2.13. The highest BCUT2D eigenvalue weighted by Crippen LogP contribution is 2.19. The summed E-state index contributed by atoms with van der Waals surface area (Å²) in [6.45, 7) is 6.30. The predicted molar refractivity (Wildman–Crippen MR) is 101 cm³/mol. The normalized spacial score (nSPS) is 18.9. The maximum Gasteiger partial charge on any atom is 0.253 e. The van der Waals surface area contributed by atoms with Crippen LogP contribution in [-0.4, -0.2) is 49.4 Å². The molecule has 0 spiro atoms. The van der Waals surface area contributed by atoms with Crippen molar-refractivity contribution in [2.75, 3.05) is 26.7 Å². The number of carbonyl (C=O) groups is 2. The maximum atomic E-state index is 13.0. The molecule has 2 unspecified atom stereocenters. The molecule has 2 rings (SSSR count). The zero-order chi connectivity index (χ0) is 18.4. The standard InChI is InChI=1S/C19H28ClN3O2/c1-13(2)17(22-18(24)15-8-4-5-9-16(15)20)19(25)23-10-6-7-14(12-23)11-21-3/h4-5,8-9,13-14,17,21H,6-7,10-12H2,1-3H3,(H,22,24). The van der Waals surface area contributed by atoms with E-state index in [1.54, 1.807) is 24.3 Å². The van der Waals surface area contributed by atoms with Gasteiger partial charge in [-0.3, -0.25) is 9.59 Å². The van der Waals surface area contributed by atoms with Gasteiger partial charge in [0.15, 0.2) is 0 Å². The molecule has 138 valence electrons. The summed E-state index contributed by atoms with van der Waals surface area (Å²) in [6, 6.07) is 6.34. The minimum Gasteiger partial charge on any atom is -0.341 e. The van der Waals surface area contributed by atoms with E-state index in [2.05, 4.69) is 10.6 Å². The van der Waals surface area contributed by atoms with Crippen molar-refractivity contribution in [1.82, 2.24) is 15.5 Å². The van der Waals surface area contributed by atoms with Gasteiger partial charge < -0.3 is 15.5 Å². The van der Waals surface area contributed by atoms with Crippen molar-refractivity contribution >= 4 is 23.4 Å². The van der Waals surface area contributed by atoms with E-state index in [-0.39, 0.29) is 17.7 Å². The van der Waals surface area contributed by atoms with E-state index in [1.807, 2.05) is 25.8 Å². The van der Waals surface area contributed by atoms with Crippen LogP contribution in [0.5, 0.6) is 0 Å². The molecule has 0 radical (unpaired) electrons. The molecule has 6 heteroatoms. The SMILES string of the molecule is CNCC1CCCN(C(=O)C(NC(=O)c2ccccc2Cl)C(C)C)C1. The van der Waals surface area contributed by atoms with Crippen LogP contribution >= 0.6 is 11.6 Å². The molecule has 0 bridgehead atoms. The Morgan fingerprint density at radius 2 is 2.04 bits per heavy atom. The molecule has 0 aromatic heterocycles. The zero-order valence-corrected chi connectivity index (χ0v) is 16.0. The molecule has 1 heterocycles. The van der Waals surface area contributed by atoms with Crippen molar-refractivity contribution < 1.29 is 9.59 Å². The first kappa shape index (κ1) is 19.7. The van der Waals surface area contributed by atoms with E-state index in [0.29, 0.717) is 16.5 Å². The van der Waals surface area contributed by atoms with Crippen molar-refractivity contribution in [2.24, 2.45) is 11.8 Å². The molecule has 0 aliphatic carbocycles. The van der Waals surface area contributed by atoms with Gasteiger partial charge in [0.25, 0.3) is 5.91 Å². The minimum atomic E-state index is -0.544. The van der Waals surface area contributed by atoms with Gasteiger partial charge in [0.05, 0.1) is 10.6 Å². The van der Waals surface area contributed by atoms with E-state index in [4.69, 9.17) is 11.6 Å². The van der Waals surface area contributed by atoms with Gasteiger partial charge in [-0.05, 0) is 50.4 Å². The van der Waals surface area contributed by atoms with Crippen LogP contribution in [0.3, 0.4) is 0 Å². The number of benzene rings is 1. The van der Waals surface area contributed by atoms with Crippen LogP contribution in [0.15, 0.2) is 24.3 Å². The number of likely N-dealkylation sites (tertiary alicyclic amines) is 1. The summed E-state index contributed by atoms with van der Waals surface area (Å²) >= 11 is 6.10. The fourth-order valence-corrected chi connectivity index (χ4v) is 3.52.